The molecule has 0 saturated carbocycles. The van der Waals surface area contributed by atoms with Crippen LogP contribution in [0, 0.1) is 0 Å². The van der Waals surface area contributed by atoms with Crippen molar-refractivity contribution in [3.05, 3.63) is 36.4 Å². The maximum atomic E-state index is 11.2. The van der Waals surface area contributed by atoms with Crippen molar-refractivity contribution < 1.29 is 13.0 Å². The number of hydrogen-bond donors (Lipinski definition) is 1. The van der Waals surface area contributed by atoms with Crippen LogP contribution in [0.25, 0.3) is 10.8 Å². The van der Waals surface area contributed by atoms with E-state index in [1.54, 1.807) is 24.3 Å². The van der Waals surface area contributed by atoms with E-state index in [4.69, 9.17) is 4.55 Å². The molecule has 2 aromatic rings. The minimum atomic E-state index is -4.18. The van der Waals surface area contributed by atoms with Gasteiger partial charge in [-0.2, -0.15) is 8.42 Å². The van der Waals surface area contributed by atoms with Crippen LogP contribution in [0.2, 0.25) is 0 Å². The van der Waals surface area contributed by atoms with Gasteiger partial charge in [-0.15, -0.1) is 9.24 Å². The number of benzene rings is 2. The lowest BCUT2D eigenvalue weighted by Crippen LogP contribution is -2.09. The van der Waals surface area contributed by atoms with Crippen LogP contribution in [-0.2, 0) is 10.1 Å². The first-order valence-electron chi connectivity index (χ1n) is 4.25. The standard InChI is InChI=1S/C10H9O3PS/c11-15(12,13)10-8-4-2-1-3-7(8)5-6-9(10)14/h1-6H,14H2,(H,11,12,13). The lowest BCUT2D eigenvalue weighted by molar-refractivity contribution is 0.485. The average molecular weight is 240 g/mol. The minimum absolute atomic E-state index is 0.0365. The highest BCUT2D eigenvalue weighted by atomic mass is 32.2. The molecule has 0 aliphatic rings. The fraction of sp³-hybridized carbons (Fsp3) is 0. The summed E-state index contributed by atoms with van der Waals surface area (Å²) in [4.78, 5) is -0.0365. The highest BCUT2D eigenvalue weighted by Crippen LogP contribution is 2.22. The van der Waals surface area contributed by atoms with Crippen LogP contribution < -0.4 is 5.30 Å². The van der Waals surface area contributed by atoms with Crippen LogP contribution in [0.3, 0.4) is 0 Å². The summed E-state index contributed by atoms with van der Waals surface area (Å²) in [6.07, 6.45) is 0. The molecule has 1 unspecified atom stereocenters. The molecular weight excluding hydrogens is 231 g/mol. The van der Waals surface area contributed by atoms with Gasteiger partial charge in [0.2, 0.25) is 0 Å². The van der Waals surface area contributed by atoms with E-state index >= 15 is 0 Å². The molecule has 0 fully saturated rings. The van der Waals surface area contributed by atoms with Crippen LogP contribution in [0.4, 0.5) is 0 Å². The molecule has 0 amide bonds. The van der Waals surface area contributed by atoms with Crippen LogP contribution in [0.5, 0.6) is 0 Å². The van der Waals surface area contributed by atoms with E-state index in [1.807, 2.05) is 12.1 Å². The normalized spacial score (nSPS) is 11.9. The zero-order valence-electron chi connectivity index (χ0n) is 7.71. The van der Waals surface area contributed by atoms with Crippen molar-refractivity contribution in [3.8, 4) is 0 Å². The third-order valence-corrected chi connectivity index (χ3v) is 3.83. The fourth-order valence-electron chi connectivity index (χ4n) is 1.55. The summed E-state index contributed by atoms with van der Waals surface area (Å²) in [5.41, 5.74) is 0. The van der Waals surface area contributed by atoms with Gasteiger partial charge in [0.05, 0.1) is 0 Å². The minimum Gasteiger partial charge on any atom is -0.282 e. The Morgan fingerprint density at radius 2 is 1.73 bits per heavy atom. The molecule has 1 N–H and O–H groups in total. The van der Waals surface area contributed by atoms with Crippen LogP contribution >= 0.6 is 9.24 Å². The maximum absolute atomic E-state index is 11.2. The first-order valence-corrected chi connectivity index (χ1v) is 6.26. The Morgan fingerprint density at radius 3 is 2.40 bits per heavy atom. The third-order valence-electron chi connectivity index (χ3n) is 2.17. The summed E-state index contributed by atoms with van der Waals surface area (Å²) < 4.78 is 31.5. The van der Waals surface area contributed by atoms with Gasteiger partial charge in [0.25, 0.3) is 10.1 Å². The van der Waals surface area contributed by atoms with Crippen molar-refractivity contribution in [2.45, 2.75) is 4.90 Å². The second-order valence-corrected chi connectivity index (χ2v) is 5.16. The molecule has 0 aliphatic carbocycles. The number of hydrogen-bond acceptors (Lipinski definition) is 2. The predicted molar refractivity (Wildman–Crippen MR) is 63.1 cm³/mol. The third kappa shape index (κ3) is 1.88. The average Bonchev–Trinajstić information content (AvgIpc) is 2.15. The summed E-state index contributed by atoms with van der Waals surface area (Å²) in [6.45, 7) is 0. The maximum Gasteiger partial charge on any atom is 0.295 e. The molecule has 0 spiro atoms. The van der Waals surface area contributed by atoms with E-state index in [0.29, 0.717) is 10.7 Å². The Balaban J connectivity index is 2.99. The van der Waals surface area contributed by atoms with Crippen LogP contribution in [0.15, 0.2) is 41.3 Å². The molecule has 2 aromatic carbocycles. The second-order valence-electron chi connectivity index (χ2n) is 3.18. The monoisotopic (exact) mass is 240 g/mol. The van der Waals surface area contributed by atoms with Gasteiger partial charge in [0.1, 0.15) is 4.90 Å². The van der Waals surface area contributed by atoms with E-state index in [9.17, 15) is 8.42 Å². The Bertz CT molecular complexity index is 620. The van der Waals surface area contributed by atoms with Gasteiger partial charge < -0.3 is 0 Å². The summed E-state index contributed by atoms with van der Waals surface area (Å²) in [5, 5.41) is 1.79. The fourth-order valence-corrected chi connectivity index (χ4v) is 3.08. The molecule has 0 radical (unpaired) electrons. The SMILES string of the molecule is O=S(=O)(O)c1c(P)ccc2ccccc12. The molecule has 5 heteroatoms. The second kappa shape index (κ2) is 3.56. The quantitative estimate of drug-likeness (QED) is 0.608. The van der Waals surface area contributed by atoms with E-state index < -0.39 is 10.1 Å². The van der Waals surface area contributed by atoms with Gasteiger partial charge >= 0.3 is 0 Å². The Morgan fingerprint density at radius 1 is 1.07 bits per heavy atom. The zero-order chi connectivity index (χ0) is 11.1. The summed E-state index contributed by atoms with van der Waals surface area (Å²) in [5.74, 6) is 0. The molecule has 2 rings (SSSR count). The van der Waals surface area contributed by atoms with Crippen molar-refractivity contribution in [1.29, 1.82) is 0 Å². The van der Waals surface area contributed by atoms with Crippen LogP contribution in [-0.4, -0.2) is 13.0 Å². The van der Waals surface area contributed by atoms with Crippen molar-refractivity contribution in [1.82, 2.24) is 0 Å². The summed E-state index contributed by atoms with van der Waals surface area (Å²) in [6, 6.07) is 10.5. The van der Waals surface area contributed by atoms with Crippen molar-refractivity contribution >= 4 is 35.4 Å². The molecular formula is C10H9O3PS. The van der Waals surface area contributed by atoms with E-state index in [0.717, 1.165) is 5.39 Å². The van der Waals surface area contributed by atoms with Crippen molar-refractivity contribution in [2.24, 2.45) is 0 Å². The zero-order valence-corrected chi connectivity index (χ0v) is 9.68. The molecule has 0 saturated heterocycles. The molecule has 0 aliphatic heterocycles. The molecule has 3 nitrogen and oxygen atoms in total. The van der Waals surface area contributed by atoms with Gasteiger partial charge in [-0.1, -0.05) is 36.4 Å². The van der Waals surface area contributed by atoms with Gasteiger partial charge in [-0.25, -0.2) is 0 Å². The lowest BCUT2D eigenvalue weighted by atomic mass is 10.1. The molecule has 1 atom stereocenters. The highest BCUT2D eigenvalue weighted by Gasteiger charge is 2.16. The van der Waals surface area contributed by atoms with E-state index in [2.05, 4.69) is 9.24 Å². The Hall–Kier alpha value is -0.960. The smallest absolute Gasteiger partial charge is 0.282 e. The van der Waals surface area contributed by atoms with Gasteiger partial charge in [0, 0.05) is 5.39 Å². The Kier molecular flexibility index (Phi) is 2.51. The van der Waals surface area contributed by atoms with Crippen molar-refractivity contribution in [3.63, 3.8) is 0 Å². The molecule has 0 bridgehead atoms. The first kappa shape index (κ1) is 10.6. The summed E-state index contributed by atoms with van der Waals surface area (Å²) in [7, 11) is -1.87. The number of fused-ring (bicyclic) bond motifs is 1. The van der Waals surface area contributed by atoms with Gasteiger partial charge in [-0.05, 0) is 10.7 Å². The Labute approximate surface area is 90.1 Å². The van der Waals surface area contributed by atoms with Crippen molar-refractivity contribution in [2.75, 3.05) is 0 Å². The molecule has 0 aromatic heterocycles. The van der Waals surface area contributed by atoms with E-state index in [1.165, 1.54) is 0 Å². The highest BCUT2D eigenvalue weighted by molar-refractivity contribution is 7.86. The van der Waals surface area contributed by atoms with Gasteiger partial charge in [0.15, 0.2) is 0 Å². The summed E-state index contributed by atoms with van der Waals surface area (Å²) >= 11 is 0. The number of rotatable bonds is 1. The van der Waals surface area contributed by atoms with E-state index in [-0.39, 0.29) is 4.90 Å². The first-order chi connectivity index (χ1) is 7.00. The topological polar surface area (TPSA) is 54.4 Å². The van der Waals surface area contributed by atoms with Crippen LogP contribution in [0.1, 0.15) is 0 Å². The lowest BCUT2D eigenvalue weighted by Gasteiger charge is -2.06. The molecule has 15 heavy (non-hydrogen) atoms. The van der Waals surface area contributed by atoms with Gasteiger partial charge in [-0.3, -0.25) is 4.55 Å². The molecule has 0 heterocycles. The largest absolute Gasteiger partial charge is 0.295 e. The predicted octanol–water partition coefficient (Wildman–Crippen LogP) is 1.59. The molecule has 78 valence electrons.